The van der Waals surface area contributed by atoms with E-state index in [2.05, 4.69) is 15.3 Å². The Morgan fingerprint density at radius 1 is 1.25 bits per heavy atom. The maximum Gasteiger partial charge on any atom is 0.416 e. The van der Waals surface area contributed by atoms with Crippen molar-refractivity contribution in [3.05, 3.63) is 52.6 Å². The molecule has 0 saturated heterocycles. The van der Waals surface area contributed by atoms with E-state index >= 15 is 0 Å². The maximum absolute atomic E-state index is 12.7. The van der Waals surface area contributed by atoms with Gasteiger partial charge in [-0.2, -0.15) is 18.3 Å². The maximum atomic E-state index is 12.7. The highest BCUT2D eigenvalue weighted by atomic mass is 35.5. The topological polar surface area (TPSA) is 56.7 Å². The molecule has 0 spiro atoms. The van der Waals surface area contributed by atoms with Gasteiger partial charge in [0.1, 0.15) is 0 Å². The van der Waals surface area contributed by atoms with Crippen molar-refractivity contribution >= 4 is 11.6 Å². The Labute approximate surface area is 140 Å². The van der Waals surface area contributed by atoms with Gasteiger partial charge in [0.05, 0.1) is 16.3 Å². The summed E-state index contributed by atoms with van der Waals surface area (Å²) in [6.45, 7) is 2.26. The van der Waals surface area contributed by atoms with Crippen LogP contribution in [-0.2, 0) is 19.1 Å². The van der Waals surface area contributed by atoms with Gasteiger partial charge in [-0.3, -0.25) is 4.68 Å². The van der Waals surface area contributed by atoms with Gasteiger partial charge in [0.15, 0.2) is 0 Å². The van der Waals surface area contributed by atoms with Crippen molar-refractivity contribution < 1.29 is 17.6 Å². The number of aromatic nitrogens is 4. The summed E-state index contributed by atoms with van der Waals surface area (Å²) in [4.78, 5) is 0. The van der Waals surface area contributed by atoms with Gasteiger partial charge in [-0.1, -0.05) is 17.7 Å². The van der Waals surface area contributed by atoms with E-state index in [1.54, 1.807) is 17.8 Å². The van der Waals surface area contributed by atoms with E-state index in [0.717, 1.165) is 12.1 Å². The molecule has 0 amide bonds. The molecule has 0 aliphatic rings. The number of benzene rings is 1. The van der Waals surface area contributed by atoms with Crippen LogP contribution in [0.15, 0.2) is 34.9 Å². The number of alkyl halides is 3. The van der Waals surface area contributed by atoms with E-state index in [0.29, 0.717) is 29.6 Å². The van der Waals surface area contributed by atoms with Gasteiger partial charge < -0.3 is 4.42 Å². The molecule has 126 valence electrons. The van der Waals surface area contributed by atoms with Gasteiger partial charge in [-0.05, 0) is 25.1 Å². The van der Waals surface area contributed by atoms with Crippen molar-refractivity contribution in [1.82, 2.24) is 20.0 Å². The molecule has 0 saturated carbocycles. The van der Waals surface area contributed by atoms with E-state index in [-0.39, 0.29) is 11.5 Å². The first kappa shape index (κ1) is 16.5. The molecule has 3 rings (SSSR count). The van der Waals surface area contributed by atoms with Gasteiger partial charge in [-0.25, -0.2) is 0 Å². The average Bonchev–Trinajstić information content (AvgIpc) is 3.12. The quantitative estimate of drug-likeness (QED) is 0.704. The smallest absolute Gasteiger partial charge is 0.416 e. The molecule has 3 aromatic rings. The largest absolute Gasteiger partial charge is 0.421 e. The zero-order valence-electron chi connectivity index (χ0n) is 12.5. The Morgan fingerprint density at radius 2 is 2.04 bits per heavy atom. The fraction of sp³-hybridized carbons (Fsp3) is 0.267. The summed E-state index contributed by atoms with van der Waals surface area (Å²) in [7, 11) is 0. The highest BCUT2D eigenvalue weighted by Gasteiger charge is 2.30. The number of nitrogens with zero attached hydrogens (tertiary/aromatic N) is 4. The molecule has 0 aliphatic carbocycles. The van der Waals surface area contributed by atoms with Crippen LogP contribution in [0.5, 0.6) is 0 Å². The highest BCUT2D eigenvalue weighted by Crippen LogP contribution is 2.31. The van der Waals surface area contributed by atoms with E-state index in [9.17, 15) is 13.2 Å². The molecular weight excluding hydrogens is 345 g/mol. The van der Waals surface area contributed by atoms with Crippen molar-refractivity contribution in [1.29, 1.82) is 0 Å². The zero-order valence-corrected chi connectivity index (χ0v) is 13.3. The molecule has 0 N–H and O–H groups in total. The minimum atomic E-state index is -4.42. The minimum absolute atomic E-state index is 0.0470. The summed E-state index contributed by atoms with van der Waals surface area (Å²) >= 11 is 5.92. The lowest BCUT2D eigenvalue weighted by Gasteiger charge is -2.06. The molecule has 5 nitrogen and oxygen atoms in total. The van der Waals surface area contributed by atoms with Crippen LogP contribution in [0.4, 0.5) is 13.2 Å². The number of hydrogen-bond acceptors (Lipinski definition) is 4. The third kappa shape index (κ3) is 3.59. The first-order valence-electron chi connectivity index (χ1n) is 7.02. The average molecular weight is 357 g/mol. The molecule has 0 radical (unpaired) electrons. The summed E-state index contributed by atoms with van der Waals surface area (Å²) < 4.78 is 45.3. The molecular formula is C15H12ClF3N4O. The summed E-state index contributed by atoms with van der Waals surface area (Å²) in [5, 5.41) is 12.4. The summed E-state index contributed by atoms with van der Waals surface area (Å²) in [5.41, 5.74) is 0.176. The van der Waals surface area contributed by atoms with E-state index < -0.39 is 11.7 Å². The van der Waals surface area contributed by atoms with Crippen LogP contribution >= 0.6 is 11.6 Å². The Balaban J connectivity index is 1.73. The fourth-order valence-corrected chi connectivity index (χ4v) is 2.27. The van der Waals surface area contributed by atoms with Gasteiger partial charge >= 0.3 is 6.18 Å². The lowest BCUT2D eigenvalue weighted by Crippen LogP contribution is -2.04. The predicted octanol–water partition coefficient (Wildman–Crippen LogP) is 4.16. The van der Waals surface area contributed by atoms with Crippen molar-refractivity contribution in [2.75, 3.05) is 0 Å². The number of aryl methyl sites for hydroxylation is 3. The second-order valence-corrected chi connectivity index (χ2v) is 5.56. The van der Waals surface area contributed by atoms with Crippen LogP contribution in [0.1, 0.15) is 17.1 Å². The van der Waals surface area contributed by atoms with Gasteiger partial charge in [0, 0.05) is 24.7 Å². The molecule has 1 aromatic carbocycles. The normalized spacial score (nSPS) is 11.9. The SMILES string of the molecule is Cc1nn(CCc2nnc(-c3cccc(C(F)(F)F)c3)o2)cc1Cl. The molecule has 0 atom stereocenters. The van der Waals surface area contributed by atoms with Crippen LogP contribution in [0.25, 0.3) is 11.5 Å². The molecule has 0 bridgehead atoms. The minimum Gasteiger partial charge on any atom is -0.421 e. The van der Waals surface area contributed by atoms with Gasteiger partial charge in [0.25, 0.3) is 0 Å². The third-order valence-corrected chi connectivity index (χ3v) is 3.72. The Hall–Kier alpha value is -2.35. The fourth-order valence-electron chi connectivity index (χ4n) is 2.12. The summed E-state index contributed by atoms with van der Waals surface area (Å²) in [6, 6.07) is 4.76. The molecule has 9 heteroatoms. The zero-order chi connectivity index (χ0) is 17.3. The third-order valence-electron chi connectivity index (χ3n) is 3.34. The van der Waals surface area contributed by atoms with E-state index in [1.807, 2.05) is 0 Å². The molecule has 2 aromatic heterocycles. The lowest BCUT2D eigenvalue weighted by molar-refractivity contribution is -0.137. The lowest BCUT2D eigenvalue weighted by atomic mass is 10.1. The molecule has 2 heterocycles. The predicted molar refractivity (Wildman–Crippen MR) is 80.4 cm³/mol. The van der Waals surface area contributed by atoms with Crippen molar-refractivity contribution in [2.24, 2.45) is 0 Å². The first-order valence-corrected chi connectivity index (χ1v) is 7.40. The van der Waals surface area contributed by atoms with Crippen LogP contribution in [-0.4, -0.2) is 20.0 Å². The standard InChI is InChI=1S/C15H12ClF3N4O/c1-9-12(16)8-23(22-9)6-5-13-20-21-14(24-13)10-3-2-4-11(7-10)15(17,18)19/h2-4,7-8H,5-6H2,1H3. The van der Waals surface area contributed by atoms with Gasteiger partial charge in [-0.15, -0.1) is 10.2 Å². The van der Waals surface area contributed by atoms with Crippen LogP contribution < -0.4 is 0 Å². The summed E-state index contributed by atoms with van der Waals surface area (Å²) in [6.07, 6.45) is -2.35. The second-order valence-electron chi connectivity index (χ2n) is 5.16. The van der Waals surface area contributed by atoms with Crippen molar-refractivity contribution in [3.63, 3.8) is 0 Å². The second kappa shape index (κ2) is 6.27. The number of rotatable bonds is 4. The van der Waals surface area contributed by atoms with Crippen LogP contribution in [0.2, 0.25) is 5.02 Å². The summed E-state index contributed by atoms with van der Waals surface area (Å²) in [5.74, 6) is 0.359. The van der Waals surface area contributed by atoms with E-state index in [4.69, 9.17) is 16.0 Å². The molecule has 0 aliphatic heterocycles. The molecule has 24 heavy (non-hydrogen) atoms. The van der Waals surface area contributed by atoms with Gasteiger partial charge in [0.2, 0.25) is 11.8 Å². The Bertz CT molecular complexity index is 837. The van der Waals surface area contributed by atoms with E-state index in [1.165, 1.54) is 12.1 Å². The molecule has 0 fully saturated rings. The number of hydrogen-bond donors (Lipinski definition) is 0. The first-order chi connectivity index (χ1) is 11.3. The highest BCUT2D eigenvalue weighted by molar-refractivity contribution is 6.31. The molecule has 0 unspecified atom stereocenters. The Morgan fingerprint density at radius 3 is 2.71 bits per heavy atom. The number of halogens is 4. The van der Waals surface area contributed by atoms with Crippen LogP contribution in [0.3, 0.4) is 0 Å². The van der Waals surface area contributed by atoms with Crippen LogP contribution in [0, 0.1) is 6.92 Å². The van der Waals surface area contributed by atoms with Crippen molar-refractivity contribution in [2.45, 2.75) is 26.1 Å². The van der Waals surface area contributed by atoms with Crippen molar-refractivity contribution in [3.8, 4) is 11.5 Å². The Kier molecular flexibility index (Phi) is 4.31. The monoisotopic (exact) mass is 356 g/mol.